The summed E-state index contributed by atoms with van der Waals surface area (Å²) >= 11 is 7.03. The minimum atomic E-state index is -0.341. The number of benzene rings is 2. The highest BCUT2D eigenvalue weighted by molar-refractivity contribution is 7.99. The van der Waals surface area contributed by atoms with E-state index in [2.05, 4.69) is 15.5 Å². The van der Waals surface area contributed by atoms with E-state index < -0.39 is 0 Å². The normalized spacial score (nSPS) is 10.7. The summed E-state index contributed by atoms with van der Waals surface area (Å²) in [6.45, 7) is 0.525. The lowest BCUT2D eigenvalue weighted by Gasteiger charge is -2.06. The number of nitrogens with two attached hydrogens (primary N) is 1. The Balaban J connectivity index is 1.49. The van der Waals surface area contributed by atoms with Crippen molar-refractivity contribution < 1.29 is 9.18 Å². The largest absolute Gasteiger partial charge is 0.355 e. The lowest BCUT2D eigenvalue weighted by Crippen LogP contribution is -2.27. The molecule has 0 saturated heterocycles. The average molecular weight is 406 g/mol. The van der Waals surface area contributed by atoms with Gasteiger partial charge in [-0.05, 0) is 48.4 Å². The van der Waals surface area contributed by atoms with Crippen molar-refractivity contribution in [2.45, 2.75) is 11.6 Å². The molecule has 1 heterocycles. The number of nitrogens with zero attached hydrogens (tertiary/aromatic N) is 3. The zero-order chi connectivity index (χ0) is 19.2. The zero-order valence-electron chi connectivity index (χ0n) is 14.2. The highest BCUT2D eigenvalue weighted by atomic mass is 35.5. The van der Waals surface area contributed by atoms with Gasteiger partial charge >= 0.3 is 0 Å². The van der Waals surface area contributed by atoms with Crippen LogP contribution in [0.1, 0.15) is 5.56 Å². The lowest BCUT2D eigenvalue weighted by molar-refractivity contribution is -0.118. The maximum absolute atomic E-state index is 13.0. The molecule has 6 nitrogen and oxygen atoms in total. The van der Waals surface area contributed by atoms with E-state index in [0.717, 1.165) is 12.0 Å². The third kappa shape index (κ3) is 5.21. The number of carbonyl (C=O) groups is 1. The molecule has 3 rings (SSSR count). The van der Waals surface area contributed by atoms with Crippen LogP contribution in [0.15, 0.2) is 53.7 Å². The van der Waals surface area contributed by atoms with Gasteiger partial charge in [-0.3, -0.25) is 4.79 Å². The van der Waals surface area contributed by atoms with Crippen LogP contribution >= 0.6 is 23.4 Å². The molecule has 27 heavy (non-hydrogen) atoms. The Morgan fingerprint density at radius 2 is 1.85 bits per heavy atom. The number of amides is 1. The van der Waals surface area contributed by atoms with Crippen molar-refractivity contribution in [2.75, 3.05) is 18.1 Å². The Labute approximate surface area is 164 Å². The molecule has 2 aromatic carbocycles. The first-order valence-electron chi connectivity index (χ1n) is 8.13. The molecule has 0 bridgehead atoms. The number of thioether (sulfide) groups is 1. The van der Waals surface area contributed by atoms with Gasteiger partial charge in [-0.15, -0.1) is 10.2 Å². The summed E-state index contributed by atoms with van der Waals surface area (Å²) < 4.78 is 14.3. The zero-order valence-corrected chi connectivity index (χ0v) is 15.8. The molecule has 3 N–H and O–H groups in total. The smallest absolute Gasteiger partial charge is 0.230 e. The quantitative estimate of drug-likeness (QED) is 0.466. The van der Waals surface area contributed by atoms with Crippen LogP contribution < -0.4 is 11.2 Å². The first-order chi connectivity index (χ1) is 13.0. The Hall–Kier alpha value is -2.58. The summed E-state index contributed by atoms with van der Waals surface area (Å²) in [5, 5.41) is 11.9. The molecule has 9 heteroatoms. The average Bonchev–Trinajstić information content (AvgIpc) is 3.03. The third-order valence-corrected chi connectivity index (χ3v) is 4.94. The van der Waals surface area contributed by atoms with Crippen LogP contribution in [-0.2, 0) is 11.2 Å². The highest BCUT2D eigenvalue weighted by Crippen LogP contribution is 2.21. The number of nitrogen functional groups attached to an aromatic ring is 1. The van der Waals surface area contributed by atoms with Crippen LogP contribution in [0.2, 0.25) is 5.02 Å². The fraction of sp³-hybridized carbons (Fsp3) is 0.167. The first-order valence-corrected chi connectivity index (χ1v) is 9.49. The summed E-state index contributed by atoms with van der Waals surface area (Å²) in [7, 11) is 0. The topological polar surface area (TPSA) is 85.8 Å². The van der Waals surface area contributed by atoms with Crippen LogP contribution in [0, 0.1) is 5.82 Å². The van der Waals surface area contributed by atoms with E-state index in [1.54, 1.807) is 12.1 Å². The van der Waals surface area contributed by atoms with Gasteiger partial charge < -0.3 is 11.2 Å². The third-order valence-electron chi connectivity index (χ3n) is 3.75. The van der Waals surface area contributed by atoms with E-state index in [1.807, 2.05) is 24.3 Å². The van der Waals surface area contributed by atoms with E-state index in [9.17, 15) is 9.18 Å². The van der Waals surface area contributed by atoms with Gasteiger partial charge in [-0.1, -0.05) is 35.5 Å². The summed E-state index contributed by atoms with van der Waals surface area (Å²) in [6, 6.07) is 13.3. The maximum atomic E-state index is 13.0. The van der Waals surface area contributed by atoms with Crippen molar-refractivity contribution in [1.29, 1.82) is 0 Å². The van der Waals surface area contributed by atoms with E-state index in [0.29, 0.717) is 28.1 Å². The van der Waals surface area contributed by atoms with Gasteiger partial charge in [0.2, 0.25) is 11.1 Å². The molecule has 1 amide bonds. The number of hydrogen-bond donors (Lipinski definition) is 2. The molecule has 140 valence electrons. The number of halogens is 2. The van der Waals surface area contributed by atoms with Crippen molar-refractivity contribution in [3.63, 3.8) is 0 Å². The lowest BCUT2D eigenvalue weighted by atomic mass is 10.1. The first kappa shape index (κ1) is 19.2. The Morgan fingerprint density at radius 1 is 1.15 bits per heavy atom. The maximum Gasteiger partial charge on any atom is 0.230 e. The predicted octanol–water partition coefficient (Wildman–Crippen LogP) is 2.90. The second-order valence-corrected chi connectivity index (χ2v) is 7.08. The van der Waals surface area contributed by atoms with E-state index >= 15 is 0 Å². The molecule has 1 aromatic heterocycles. The van der Waals surface area contributed by atoms with Gasteiger partial charge in [0, 0.05) is 17.1 Å². The van der Waals surface area contributed by atoms with Crippen LogP contribution in [0.25, 0.3) is 11.4 Å². The molecule has 0 atom stereocenters. The fourth-order valence-electron chi connectivity index (χ4n) is 2.35. The van der Waals surface area contributed by atoms with Gasteiger partial charge in [0.25, 0.3) is 0 Å². The van der Waals surface area contributed by atoms with E-state index in [1.165, 1.54) is 28.6 Å². The van der Waals surface area contributed by atoms with Crippen molar-refractivity contribution in [3.8, 4) is 11.4 Å². The van der Waals surface area contributed by atoms with Crippen LogP contribution in [0.4, 0.5) is 4.39 Å². The summed E-state index contributed by atoms with van der Waals surface area (Å²) in [5.74, 6) is 6.09. The number of carbonyl (C=O) groups excluding carboxylic acids is 1. The summed E-state index contributed by atoms with van der Waals surface area (Å²) in [6.07, 6.45) is 0.718. The molecule has 0 fully saturated rings. The minimum Gasteiger partial charge on any atom is -0.355 e. The second-order valence-electron chi connectivity index (χ2n) is 5.70. The monoisotopic (exact) mass is 405 g/mol. The molecule has 0 aliphatic carbocycles. The molecular formula is C18H17ClFN5OS. The van der Waals surface area contributed by atoms with Crippen molar-refractivity contribution in [2.24, 2.45) is 0 Å². The van der Waals surface area contributed by atoms with Gasteiger partial charge in [0.05, 0.1) is 5.75 Å². The summed E-state index contributed by atoms with van der Waals surface area (Å²) in [4.78, 5) is 12.0. The highest BCUT2D eigenvalue weighted by Gasteiger charge is 2.13. The standard InChI is InChI=1S/C18H17ClFN5OS/c19-14-5-1-12(2-6-14)9-10-22-16(26)11-27-18-24-23-17(25(18)21)13-3-7-15(20)8-4-13/h1-8H,9-11,21H2,(H,22,26). The van der Waals surface area contributed by atoms with E-state index in [4.69, 9.17) is 17.4 Å². The van der Waals surface area contributed by atoms with E-state index in [-0.39, 0.29) is 17.5 Å². The molecule has 0 radical (unpaired) electrons. The Bertz CT molecular complexity index is 915. The molecule has 3 aromatic rings. The molecular weight excluding hydrogens is 389 g/mol. The van der Waals surface area contributed by atoms with Gasteiger partial charge in [0.15, 0.2) is 5.82 Å². The molecule has 0 unspecified atom stereocenters. The molecule has 0 spiro atoms. The Morgan fingerprint density at radius 3 is 2.56 bits per heavy atom. The number of aromatic nitrogens is 3. The fourth-order valence-corrected chi connectivity index (χ4v) is 3.16. The predicted molar refractivity (Wildman–Crippen MR) is 104 cm³/mol. The number of nitrogens with one attached hydrogen (secondary N) is 1. The number of rotatable bonds is 7. The summed E-state index contributed by atoms with van der Waals surface area (Å²) in [5.41, 5.74) is 1.74. The number of hydrogen-bond acceptors (Lipinski definition) is 5. The van der Waals surface area contributed by atoms with Crippen LogP contribution in [0.3, 0.4) is 0 Å². The van der Waals surface area contributed by atoms with Crippen molar-refractivity contribution in [1.82, 2.24) is 20.2 Å². The van der Waals surface area contributed by atoms with Crippen LogP contribution in [-0.4, -0.2) is 33.1 Å². The molecule has 0 saturated carbocycles. The molecule has 0 aliphatic rings. The van der Waals surface area contributed by atoms with Crippen molar-refractivity contribution in [3.05, 3.63) is 64.9 Å². The van der Waals surface area contributed by atoms with Gasteiger partial charge in [-0.2, -0.15) is 0 Å². The molecule has 0 aliphatic heterocycles. The van der Waals surface area contributed by atoms with Crippen molar-refractivity contribution >= 4 is 29.3 Å². The van der Waals surface area contributed by atoms with Crippen LogP contribution in [0.5, 0.6) is 0 Å². The SMILES string of the molecule is Nn1c(SCC(=O)NCCc2ccc(Cl)cc2)nnc1-c1ccc(F)cc1. The second kappa shape index (κ2) is 8.88. The Kier molecular flexibility index (Phi) is 6.31. The van der Waals surface area contributed by atoms with Gasteiger partial charge in [-0.25, -0.2) is 9.07 Å². The van der Waals surface area contributed by atoms with Gasteiger partial charge in [0.1, 0.15) is 5.82 Å². The minimum absolute atomic E-state index is 0.125.